The maximum absolute atomic E-state index is 12.5. The van der Waals surface area contributed by atoms with Crippen molar-refractivity contribution in [3.05, 3.63) is 50.6 Å². The van der Waals surface area contributed by atoms with E-state index >= 15 is 0 Å². The number of quaternary nitrogens is 1. The molecule has 4 nitrogen and oxygen atoms in total. The minimum Gasteiger partial charge on any atom is -0.493 e. The molecule has 0 N–H and O–H groups in total. The van der Waals surface area contributed by atoms with Gasteiger partial charge in [0.1, 0.15) is 0 Å². The summed E-state index contributed by atoms with van der Waals surface area (Å²) in [6, 6.07) is 11.4. The minimum atomic E-state index is 0.120. The summed E-state index contributed by atoms with van der Waals surface area (Å²) in [7, 11) is 7.84. The topological polar surface area (TPSA) is 35.5 Å². The van der Waals surface area contributed by atoms with Crippen LogP contribution in [-0.4, -0.2) is 57.4 Å². The highest BCUT2D eigenvalue weighted by Crippen LogP contribution is 2.34. The molecule has 0 aliphatic heterocycles. The first-order chi connectivity index (χ1) is 13.2. The van der Waals surface area contributed by atoms with E-state index in [1.807, 2.05) is 30.3 Å². The summed E-state index contributed by atoms with van der Waals surface area (Å²) in [5.41, 5.74) is 0.664. The van der Waals surface area contributed by atoms with Gasteiger partial charge in [-0.15, -0.1) is 11.8 Å². The van der Waals surface area contributed by atoms with Crippen LogP contribution in [0.2, 0.25) is 5.02 Å². The van der Waals surface area contributed by atoms with Crippen molar-refractivity contribution in [1.82, 2.24) is 0 Å². The van der Waals surface area contributed by atoms with Crippen molar-refractivity contribution in [1.29, 1.82) is 0 Å². The molecule has 28 heavy (non-hydrogen) atoms. The second kappa shape index (κ2) is 10.7. The molecule has 0 aliphatic rings. The lowest BCUT2D eigenvalue weighted by Gasteiger charge is -2.23. The Morgan fingerprint density at radius 1 is 1.18 bits per heavy atom. The second-order valence-electron chi connectivity index (χ2n) is 7.33. The van der Waals surface area contributed by atoms with E-state index in [1.165, 1.54) is 0 Å². The molecule has 0 radical (unpaired) electrons. The Morgan fingerprint density at radius 3 is 2.46 bits per heavy atom. The lowest BCUT2D eigenvalue weighted by Crippen LogP contribution is -2.36. The number of hydrogen-bond acceptors (Lipinski definition) is 4. The van der Waals surface area contributed by atoms with Gasteiger partial charge in [0, 0.05) is 21.2 Å². The Bertz CT molecular complexity index is 807. The van der Waals surface area contributed by atoms with Gasteiger partial charge in [0.05, 0.1) is 51.4 Å². The third-order valence-electron chi connectivity index (χ3n) is 3.97. The van der Waals surface area contributed by atoms with Gasteiger partial charge in [-0.3, -0.25) is 4.79 Å². The summed E-state index contributed by atoms with van der Waals surface area (Å²) in [5, 5.41) is 0.732. The molecule has 0 unspecified atom stereocenters. The largest absolute Gasteiger partial charge is 0.493 e. The first-order valence-electron chi connectivity index (χ1n) is 8.92. The maximum Gasteiger partial charge on any atom is 0.174 e. The lowest BCUT2D eigenvalue weighted by atomic mass is 10.1. The summed E-state index contributed by atoms with van der Waals surface area (Å²) >= 11 is 9.81. The van der Waals surface area contributed by atoms with Crippen LogP contribution in [0.25, 0.3) is 0 Å². The van der Waals surface area contributed by atoms with E-state index in [1.54, 1.807) is 24.9 Å². The normalized spacial score (nSPS) is 11.4. The molecule has 2 aromatic rings. The summed E-state index contributed by atoms with van der Waals surface area (Å²) < 4.78 is 13.1. The van der Waals surface area contributed by atoms with Crippen molar-refractivity contribution in [3.63, 3.8) is 0 Å². The van der Waals surface area contributed by atoms with Gasteiger partial charge < -0.3 is 14.0 Å². The fourth-order valence-electron chi connectivity index (χ4n) is 2.44. The number of carbonyl (C=O) groups excluding carboxylic acids is 1. The molecule has 0 amide bonds. The molecule has 0 saturated heterocycles. The van der Waals surface area contributed by atoms with Crippen molar-refractivity contribution in [3.8, 4) is 11.5 Å². The molecular weight excluding hydrogens is 509 g/mol. The molecule has 0 aromatic heterocycles. The fraction of sp³-hybridized carbons (Fsp3) is 0.381. The number of ether oxygens (including phenoxy) is 2. The summed E-state index contributed by atoms with van der Waals surface area (Å²) in [6.45, 7) is 1.33. The van der Waals surface area contributed by atoms with Crippen molar-refractivity contribution >= 4 is 51.7 Å². The van der Waals surface area contributed by atoms with E-state index in [0.29, 0.717) is 30.1 Å². The van der Waals surface area contributed by atoms with Crippen LogP contribution in [-0.2, 0) is 0 Å². The average molecular weight is 535 g/mol. The van der Waals surface area contributed by atoms with Crippen molar-refractivity contribution in [2.75, 3.05) is 47.2 Å². The maximum atomic E-state index is 12.5. The Balaban J connectivity index is 1.98. The highest BCUT2D eigenvalue weighted by atomic mass is 127. The van der Waals surface area contributed by atoms with Crippen LogP contribution in [0.3, 0.4) is 0 Å². The Hall–Kier alpha value is -0.960. The van der Waals surface area contributed by atoms with Crippen LogP contribution in [0, 0.1) is 3.57 Å². The highest BCUT2D eigenvalue weighted by molar-refractivity contribution is 14.1. The summed E-state index contributed by atoms with van der Waals surface area (Å²) in [4.78, 5) is 13.7. The van der Waals surface area contributed by atoms with Gasteiger partial charge in [-0.25, -0.2) is 0 Å². The number of rotatable bonds is 10. The van der Waals surface area contributed by atoms with Gasteiger partial charge in [0.2, 0.25) is 0 Å². The molecule has 0 bridgehead atoms. The quantitative estimate of drug-likeness (QED) is 0.134. The molecule has 2 rings (SSSR count). The SMILES string of the molecule is COc1cc(C(=O)CC[N+](C)(C)C)cc(I)c1OCCSc1ccc(Cl)cc1. The van der Waals surface area contributed by atoms with E-state index in [4.69, 9.17) is 21.1 Å². The average Bonchev–Trinajstić information content (AvgIpc) is 2.64. The number of carbonyl (C=O) groups is 1. The highest BCUT2D eigenvalue weighted by Gasteiger charge is 2.18. The van der Waals surface area contributed by atoms with E-state index in [0.717, 1.165) is 30.3 Å². The fourth-order valence-corrected chi connectivity index (χ4v) is 4.05. The van der Waals surface area contributed by atoms with Crippen LogP contribution in [0.15, 0.2) is 41.3 Å². The number of thioether (sulfide) groups is 1. The first kappa shape index (κ1) is 23.3. The Morgan fingerprint density at radius 2 is 1.86 bits per heavy atom. The van der Waals surface area contributed by atoms with E-state index in [9.17, 15) is 4.79 Å². The van der Waals surface area contributed by atoms with Gasteiger partial charge in [-0.1, -0.05) is 11.6 Å². The predicted octanol–water partition coefficient (Wildman–Crippen LogP) is 5.40. The molecule has 0 aliphatic carbocycles. The number of Topliss-reactive ketones (excluding diaryl/α,β-unsaturated/α-hetero) is 1. The van der Waals surface area contributed by atoms with Crippen LogP contribution in [0.1, 0.15) is 16.8 Å². The zero-order valence-electron chi connectivity index (χ0n) is 16.6. The number of benzene rings is 2. The molecular formula is C21H26ClINO3S+. The van der Waals surface area contributed by atoms with E-state index < -0.39 is 0 Å². The van der Waals surface area contributed by atoms with E-state index in [2.05, 4.69) is 43.7 Å². The van der Waals surface area contributed by atoms with Crippen molar-refractivity contribution in [2.45, 2.75) is 11.3 Å². The van der Waals surface area contributed by atoms with Gasteiger partial charge >= 0.3 is 0 Å². The van der Waals surface area contributed by atoms with Crippen molar-refractivity contribution in [2.24, 2.45) is 0 Å². The Labute approximate surface area is 190 Å². The molecule has 7 heteroatoms. The third-order valence-corrected chi connectivity index (χ3v) is 6.00. The molecule has 0 fully saturated rings. The summed E-state index contributed by atoms with van der Waals surface area (Å²) in [5.74, 6) is 2.19. The molecule has 2 aromatic carbocycles. The van der Waals surface area contributed by atoms with E-state index in [-0.39, 0.29) is 5.78 Å². The molecule has 0 atom stereocenters. The zero-order valence-corrected chi connectivity index (χ0v) is 20.4. The van der Waals surface area contributed by atoms with Gasteiger partial charge in [-0.05, 0) is 59.0 Å². The van der Waals surface area contributed by atoms with Gasteiger partial charge in [-0.2, -0.15) is 0 Å². The second-order valence-corrected chi connectivity index (χ2v) is 10.1. The minimum absolute atomic E-state index is 0.120. The number of ketones is 1. The number of nitrogens with zero attached hydrogens (tertiary/aromatic N) is 1. The monoisotopic (exact) mass is 534 g/mol. The summed E-state index contributed by atoms with van der Waals surface area (Å²) in [6.07, 6.45) is 0.501. The number of hydrogen-bond donors (Lipinski definition) is 0. The van der Waals surface area contributed by atoms with Crippen LogP contribution >= 0.6 is 46.0 Å². The van der Waals surface area contributed by atoms with Gasteiger partial charge in [0.15, 0.2) is 17.3 Å². The van der Waals surface area contributed by atoms with Crippen LogP contribution in [0.4, 0.5) is 0 Å². The number of halogens is 2. The van der Waals surface area contributed by atoms with Gasteiger partial charge in [0.25, 0.3) is 0 Å². The molecule has 152 valence electrons. The zero-order chi connectivity index (χ0) is 20.7. The molecule has 0 saturated carbocycles. The number of methoxy groups -OCH3 is 1. The first-order valence-corrected chi connectivity index (χ1v) is 11.4. The van der Waals surface area contributed by atoms with Crippen LogP contribution in [0.5, 0.6) is 11.5 Å². The molecule has 0 spiro atoms. The third kappa shape index (κ3) is 7.46. The molecule has 0 heterocycles. The predicted molar refractivity (Wildman–Crippen MR) is 125 cm³/mol. The lowest BCUT2D eigenvalue weighted by molar-refractivity contribution is -0.869. The standard InChI is InChI=1S/C21H26ClINO3S/c1-24(2,3)10-9-19(25)15-13-18(23)21(20(14-15)26-4)27-11-12-28-17-7-5-16(22)6-8-17/h5-8,13-14H,9-12H2,1-4H3/q+1. The van der Waals surface area contributed by atoms with Crippen molar-refractivity contribution < 1.29 is 18.8 Å². The Kier molecular flexibility index (Phi) is 8.92. The van der Waals surface area contributed by atoms with Crippen LogP contribution < -0.4 is 9.47 Å². The smallest absolute Gasteiger partial charge is 0.174 e.